The molecule has 0 aliphatic carbocycles. The lowest BCUT2D eigenvalue weighted by Gasteiger charge is -2.16. The van der Waals surface area contributed by atoms with Crippen molar-refractivity contribution < 1.29 is 23.5 Å². The van der Waals surface area contributed by atoms with Crippen LogP contribution in [0.2, 0.25) is 0 Å². The van der Waals surface area contributed by atoms with Gasteiger partial charge in [-0.1, -0.05) is 0 Å². The molecule has 0 saturated carbocycles. The molecule has 124 valence electrons. The van der Waals surface area contributed by atoms with Gasteiger partial charge >= 0.3 is 0 Å². The van der Waals surface area contributed by atoms with E-state index in [1.54, 1.807) is 6.07 Å². The van der Waals surface area contributed by atoms with E-state index in [1.165, 1.54) is 14.2 Å². The molecule has 7 nitrogen and oxygen atoms in total. The molecule has 0 unspecified atom stereocenters. The van der Waals surface area contributed by atoms with Gasteiger partial charge in [0, 0.05) is 6.07 Å². The third-order valence-electron chi connectivity index (χ3n) is 3.11. The Hall–Kier alpha value is -2.14. The summed E-state index contributed by atoms with van der Waals surface area (Å²) < 4.78 is 32.9. The van der Waals surface area contributed by atoms with Crippen LogP contribution < -0.4 is 18.9 Å². The minimum Gasteiger partial charge on any atom is -0.493 e. The van der Waals surface area contributed by atoms with E-state index in [4.69, 9.17) is 18.9 Å². The monoisotopic (exact) mass is 338 g/mol. The molecule has 0 fully saturated rings. The molecular formula is C15H19N2O5P. The van der Waals surface area contributed by atoms with Crippen LogP contribution in [-0.4, -0.2) is 37.4 Å². The van der Waals surface area contributed by atoms with E-state index in [1.807, 2.05) is 13.8 Å². The predicted octanol–water partition coefficient (Wildman–Crippen LogP) is 3.24. The van der Waals surface area contributed by atoms with Crippen molar-refractivity contribution in [3.63, 3.8) is 0 Å². The molecule has 8 heteroatoms. The number of aromatic nitrogens is 2. The van der Waals surface area contributed by atoms with Gasteiger partial charge in [0.15, 0.2) is 14.2 Å². The summed E-state index contributed by atoms with van der Waals surface area (Å²) in [5.41, 5.74) is 1.77. The fraction of sp³-hybridized carbons (Fsp3) is 0.467. The number of fused-ring (bicyclic) bond motifs is 1. The Morgan fingerprint density at radius 3 is 2.26 bits per heavy atom. The van der Waals surface area contributed by atoms with Gasteiger partial charge in [0.25, 0.3) is 11.8 Å². The van der Waals surface area contributed by atoms with Gasteiger partial charge in [0.2, 0.25) is 0 Å². The molecule has 0 spiro atoms. The fourth-order valence-electron chi connectivity index (χ4n) is 2.21. The number of methoxy groups -OCH3 is 2. The number of rotatable bonds is 8. The highest BCUT2D eigenvalue weighted by atomic mass is 31.1. The number of nitrogens with zero attached hydrogens (tertiary/aromatic N) is 2. The highest BCUT2D eigenvalue weighted by Crippen LogP contribution is 2.40. The van der Waals surface area contributed by atoms with Crippen molar-refractivity contribution in [1.29, 1.82) is 0 Å². The van der Waals surface area contributed by atoms with Gasteiger partial charge in [-0.15, -0.1) is 0 Å². The van der Waals surface area contributed by atoms with E-state index in [2.05, 4.69) is 9.97 Å². The Kier molecular flexibility index (Phi) is 5.93. The largest absolute Gasteiger partial charge is 0.493 e. The average molecular weight is 338 g/mol. The lowest BCUT2D eigenvalue weighted by atomic mass is 10.1. The second-order valence-corrected chi connectivity index (χ2v) is 5.02. The summed E-state index contributed by atoms with van der Waals surface area (Å²) in [5.74, 6) is 1.62. The van der Waals surface area contributed by atoms with Crippen molar-refractivity contribution in [2.24, 2.45) is 0 Å². The standard InChI is InChI=1S/C15H19N2O5P/c1-5-21-11-7-10-12(13(22-6-2)9(11)8-23-18)17-15(20-4)14(16-10)19-3/h7H,5-6,8H2,1-4H3. The van der Waals surface area contributed by atoms with E-state index in [9.17, 15) is 4.57 Å². The molecule has 0 aliphatic rings. The fourth-order valence-corrected chi connectivity index (χ4v) is 2.64. The summed E-state index contributed by atoms with van der Waals surface area (Å²) in [6.45, 7) is 4.65. The highest BCUT2D eigenvalue weighted by Gasteiger charge is 2.21. The molecule has 0 radical (unpaired) electrons. The smallest absolute Gasteiger partial charge is 0.278 e. The van der Waals surface area contributed by atoms with Crippen molar-refractivity contribution in [2.45, 2.75) is 20.0 Å². The molecule has 1 heterocycles. The number of benzene rings is 1. The van der Waals surface area contributed by atoms with Crippen LogP contribution in [0, 0.1) is 0 Å². The second kappa shape index (κ2) is 7.92. The van der Waals surface area contributed by atoms with Gasteiger partial charge in [-0.25, -0.2) is 9.97 Å². The summed E-state index contributed by atoms with van der Waals surface area (Å²) in [6, 6.07) is 1.75. The average Bonchev–Trinajstić information content (AvgIpc) is 2.57. The molecule has 2 rings (SSSR count). The summed E-state index contributed by atoms with van der Waals surface area (Å²) in [5, 5.41) is 0. The zero-order chi connectivity index (χ0) is 16.8. The first-order valence-electron chi connectivity index (χ1n) is 7.20. The van der Waals surface area contributed by atoms with Crippen LogP contribution in [0.15, 0.2) is 6.07 Å². The van der Waals surface area contributed by atoms with Crippen molar-refractivity contribution in [1.82, 2.24) is 9.97 Å². The van der Waals surface area contributed by atoms with E-state index < -0.39 is 0 Å². The normalized spacial score (nSPS) is 10.8. The molecule has 0 bridgehead atoms. The molecule has 0 aliphatic heterocycles. The van der Waals surface area contributed by atoms with E-state index in [0.717, 1.165) is 0 Å². The molecule has 1 aromatic heterocycles. The van der Waals surface area contributed by atoms with Gasteiger partial charge in [-0.2, -0.15) is 0 Å². The first-order valence-corrected chi connectivity index (χ1v) is 8.20. The minimum absolute atomic E-state index is 0.0320. The number of ether oxygens (including phenoxy) is 4. The topological polar surface area (TPSA) is 79.8 Å². The van der Waals surface area contributed by atoms with Crippen LogP contribution in [0.4, 0.5) is 0 Å². The molecule has 1 aromatic carbocycles. The van der Waals surface area contributed by atoms with Crippen molar-refractivity contribution >= 4 is 19.5 Å². The van der Waals surface area contributed by atoms with Crippen molar-refractivity contribution in [3.05, 3.63) is 11.6 Å². The summed E-state index contributed by atoms with van der Waals surface area (Å²) in [7, 11) is 2.95. The Morgan fingerprint density at radius 2 is 1.70 bits per heavy atom. The van der Waals surface area contributed by atoms with Crippen LogP contribution in [0.1, 0.15) is 19.4 Å². The molecule has 23 heavy (non-hydrogen) atoms. The van der Waals surface area contributed by atoms with E-state index >= 15 is 0 Å². The summed E-state index contributed by atoms with van der Waals surface area (Å²) >= 11 is 0. The summed E-state index contributed by atoms with van der Waals surface area (Å²) in [6.07, 6.45) is 0.261. The van der Waals surface area contributed by atoms with E-state index in [0.29, 0.717) is 41.3 Å². The zero-order valence-electron chi connectivity index (χ0n) is 13.6. The third kappa shape index (κ3) is 3.45. The first kappa shape index (κ1) is 17.2. The Labute approximate surface area is 136 Å². The molecule has 0 atom stereocenters. The lowest BCUT2D eigenvalue weighted by molar-refractivity contribution is 0.318. The molecular weight excluding hydrogens is 319 g/mol. The second-order valence-electron chi connectivity index (χ2n) is 4.45. The first-order chi connectivity index (χ1) is 11.2. The van der Waals surface area contributed by atoms with Gasteiger partial charge in [-0.3, -0.25) is 4.57 Å². The highest BCUT2D eigenvalue weighted by molar-refractivity contribution is 7.22. The number of hydrogen-bond acceptors (Lipinski definition) is 7. The maximum Gasteiger partial charge on any atom is 0.278 e. The maximum absolute atomic E-state index is 11.2. The molecule has 0 amide bonds. The summed E-state index contributed by atoms with van der Waals surface area (Å²) in [4.78, 5) is 8.83. The molecule has 2 aromatic rings. The Bertz CT molecular complexity index is 708. The van der Waals surface area contributed by atoms with Crippen molar-refractivity contribution in [2.75, 3.05) is 27.4 Å². The molecule has 0 N–H and O–H groups in total. The molecule has 0 saturated heterocycles. The van der Waals surface area contributed by atoms with Crippen LogP contribution in [0.5, 0.6) is 23.3 Å². The third-order valence-corrected chi connectivity index (χ3v) is 3.56. The van der Waals surface area contributed by atoms with Gasteiger partial charge < -0.3 is 18.9 Å². The van der Waals surface area contributed by atoms with Crippen LogP contribution in [0.25, 0.3) is 11.0 Å². The zero-order valence-corrected chi connectivity index (χ0v) is 14.5. The Morgan fingerprint density at radius 1 is 1.04 bits per heavy atom. The predicted molar refractivity (Wildman–Crippen MR) is 86.3 cm³/mol. The lowest BCUT2D eigenvalue weighted by Crippen LogP contribution is -2.05. The van der Waals surface area contributed by atoms with Crippen LogP contribution in [-0.2, 0) is 10.7 Å². The van der Waals surface area contributed by atoms with Crippen LogP contribution in [0.3, 0.4) is 0 Å². The number of hydrogen-bond donors (Lipinski definition) is 0. The van der Waals surface area contributed by atoms with Crippen molar-refractivity contribution in [3.8, 4) is 23.3 Å². The van der Waals surface area contributed by atoms with Crippen LogP contribution >= 0.6 is 8.46 Å². The van der Waals surface area contributed by atoms with Gasteiger partial charge in [0.1, 0.15) is 16.8 Å². The SMILES string of the molecule is CCOc1cc2nc(OC)c(OC)nc2c(OCC)c1CP=O. The Balaban J connectivity index is 2.80. The quantitative estimate of drug-likeness (QED) is 0.684. The van der Waals surface area contributed by atoms with Gasteiger partial charge in [0.05, 0.1) is 39.2 Å². The van der Waals surface area contributed by atoms with E-state index in [-0.39, 0.29) is 26.4 Å². The van der Waals surface area contributed by atoms with Gasteiger partial charge in [-0.05, 0) is 13.8 Å². The maximum atomic E-state index is 11.2. The minimum atomic E-state index is -0.0320.